The summed E-state index contributed by atoms with van der Waals surface area (Å²) in [5.74, 6) is -0.507. The fourth-order valence-electron chi connectivity index (χ4n) is 3.15. The predicted molar refractivity (Wildman–Crippen MR) is 125 cm³/mol. The molecule has 0 aliphatic rings. The molecule has 152 valence electrons. The van der Waals surface area contributed by atoms with Crippen molar-refractivity contribution >= 4 is 48.1 Å². The summed E-state index contributed by atoms with van der Waals surface area (Å²) in [5, 5.41) is 3.91. The van der Waals surface area contributed by atoms with Gasteiger partial charge in [-0.3, -0.25) is 14.3 Å². The summed E-state index contributed by atoms with van der Waals surface area (Å²) < 4.78 is 3.13. The first kappa shape index (κ1) is 21.0. The Morgan fingerprint density at radius 2 is 1.45 bits per heavy atom. The molecule has 0 saturated carbocycles. The topological polar surface area (TPSA) is 56.0 Å². The van der Waals surface area contributed by atoms with Crippen LogP contribution in [0, 0.1) is 0 Å². The molecule has 0 spiro atoms. The Balaban J connectivity index is 1.74. The maximum Gasteiger partial charge on any atom is 0.284 e. The van der Waals surface area contributed by atoms with Crippen LogP contribution >= 0.6 is 23.2 Å². The summed E-state index contributed by atoms with van der Waals surface area (Å²) in [4.78, 5) is 26.1. The SMILES string of the molecule is [B]c1ccc(NC(=O)c2cn(Cc3ccc(Cl)cc3)n(-c3ccc(Cl)cc3)c2=O)cc1. The first-order valence-electron chi connectivity index (χ1n) is 9.40. The van der Waals surface area contributed by atoms with Gasteiger partial charge in [0, 0.05) is 21.9 Å². The molecule has 0 saturated heterocycles. The molecule has 2 radical (unpaired) electrons. The Morgan fingerprint density at radius 1 is 0.871 bits per heavy atom. The second-order valence-electron chi connectivity index (χ2n) is 6.94. The predicted octanol–water partition coefficient (Wildman–Crippen LogP) is 4.04. The molecule has 0 bridgehead atoms. The number of anilines is 1. The Bertz CT molecular complexity index is 1280. The quantitative estimate of drug-likeness (QED) is 0.469. The Labute approximate surface area is 190 Å². The third-order valence-electron chi connectivity index (χ3n) is 4.70. The van der Waals surface area contributed by atoms with Crippen LogP contribution in [0.2, 0.25) is 10.0 Å². The van der Waals surface area contributed by atoms with Crippen molar-refractivity contribution in [2.24, 2.45) is 0 Å². The Kier molecular flexibility index (Phi) is 6.02. The van der Waals surface area contributed by atoms with Gasteiger partial charge < -0.3 is 5.32 Å². The van der Waals surface area contributed by atoms with E-state index >= 15 is 0 Å². The lowest BCUT2D eigenvalue weighted by molar-refractivity contribution is 0.102. The van der Waals surface area contributed by atoms with E-state index in [2.05, 4.69) is 5.32 Å². The second kappa shape index (κ2) is 8.88. The highest BCUT2D eigenvalue weighted by Gasteiger charge is 2.19. The number of amides is 1. The summed E-state index contributed by atoms with van der Waals surface area (Å²) in [6.07, 6.45) is 1.54. The number of carbonyl (C=O) groups is 1. The number of nitrogens with one attached hydrogen (secondary N) is 1. The van der Waals surface area contributed by atoms with E-state index in [4.69, 9.17) is 31.0 Å². The Morgan fingerprint density at radius 3 is 2.06 bits per heavy atom. The van der Waals surface area contributed by atoms with Crippen molar-refractivity contribution in [2.45, 2.75) is 6.54 Å². The van der Waals surface area contributed by atoms with Gasteiger partial charge in [-0.15, -0.1) is 0 Å². The van der Waals surface area contributed by atoms with E-state index in [-0.39, 0.29) is 5.56 Å². The van der Waals surface area contributed by atoms with Crippen LogP contribution in [0.15, 0.2) is 83.8 Å². The minimum Gasteiger partial charge on any atom is -0.322 e. The van der Waals surface area contributed by atoms with Crippen molar-refractivity contribution in [1.82, 2.24) is 9.36 Å². The summed E-state index contributed by atoms with van der Waals surface area (Å²) in [7, 11) is 5.69. The smallest absolute Gasteiger partial charge is 0.284 e. The van der Waals surface area contributed by atoms with E-state index in [9.17, 15) is 9.59 Å². The molecule has 4 aromatic rings. The monoisotopic (exact) mass is 447 g/mol. The first-order valence-corrected chi connectivity index (χ1v) is 10.2. The van der Waals surface area contributed by atoms with Crippen LogP contribution in [0.3, 0.4) is 0 Å². The van der Waals surface area contributed by atoms with Gasteiger partial charge in [0.2, 0.25) is 0 Å². The zero-order valence-corrected chi connectivity index (χ0v) is 17.8. The number of aromatic nitrogens is 2. The molecule has 0 aliphatic carbocycles. The molecule has 0 unspecified atom stereocenters. The van der Waals surface area contributed by atoms with Gasteiger partial charge in [0.25, 0.3) is 11.5 Å². The van der Waals surface area contributed by atoms with Crippen LogP contribution < -0.4 is 16.3 Å². The van der Waals surface area contributed by atoms with Crippen LogP contribution in [0.1, 0.15) is 15.9 Å². The third-order valence-corrected chi connectivity index (χ3v) is 5.20. The van der Waals surface area contributed by atoms with Gasteiger partial charge in [-0.25, -0.2) is 4.68 Å². The van der Waals surface area contributed by atoms with E-state index in [1.54, 1.807) is 65.3 Å². The molecule has 4 rings (SSSR count). The van der Waals surface area contributed by atoms with Gasteiger partial charge in [-0.05, 0) is 54.1 Å². The standard InChI is InChI=1S/C23H16BCl2N3O2/c24-16-3-9-19(10-4-16)27-22(30)21-14-28(13-15-1-5-17(25)6-2-15)29(23(21)31)20-11-7-18(26)8-12-20/h1-12,14H,13H2,(H,27,30). The van der Waals surface area contributed by atoms with E-state index in [0.29, 0.717) is 33.4 Å². The minimum atomic E-state index is -0.507. The molecule has 31 heavy (non-hydrogen) atoms. The van der Waals surface area contributed by atoms with Gasteiger partial charge in [-0.1, -0.05) is 52.9 Å². The maximum absolute atomic E-state index is 13.2. The van der Waals surface area contributed by atoms with Crippen molar-refractivity contribution < 1.29 is 4.79 Å². The number of nitrogens with zero attached hydrogens (tertiary/aromatic N) is 2. The number of rotatable bonds is 5. The van der Waals surface area contributed by atoms with Crippen LogP contribution in [-0.2, 0) is 6.54 Å². The zero-order chi connectivity index (χ0) is 22.0. The van der Waals surface area contributed by atoms with E-state index < -0.39 is 11.5 Å². The molecule has 1 heterocycles. The lowest BCUT2D eigenvalue weighted by Crippen LogP contribution is -2.26. The van der Waals surface area contributed by atoms with Gasteiger partial charge in [-0.2, -0.15) is 0 Å². The van der Waals surface area contributed by atoms with Crippen LogP contribution in [0.5, 0.6) is 0 Å². The van der Waals surface area contributed by atoms with Crippen molar-refractivity contribution in [3.63, 3.8) is 0 Å². The van der Waals surface area contributed by atoms with Gasteiger partial charge in [0.05, 0.1) is 12.2 Å². The summed E-state index contributed by atoms with van der Waals surface area (Å²) in [5.41, 5.74) is 2.21. The molecule has 0 aliphatic heterocycles. The third kappa shape index (κ3) is 4.76. The van der Waals surface area contributed by atoms with Gasteiger partial charge in [0.15, 0.2) is 0 Å². The fraction of sp³-hybridized carbons (Fsp3) is 0.0435. The summed E-state index contributed by atoms with van der Waals surface area (Å²) in [6.45, 7) is 0.365. The highest BCUT2D eigenvalue weighted by Crippen LogP contribution is 2.16. The molecule has 1 N–H and O–H groups in total. The number of halogens is 2. The number of hydrogen-bond donors (Lipinski definition) is 1. The minimum absolute atomic E-state index is 0.0146. The van der Waals surface area contributed by atoms with Crippen molar-refractivity contribution in [3.05, 3.63) is 111 Å². The molecule has 5 nitrogen and oxygen atoms in total. The highest BCUT2D eigenvalue weighted by molar-refractivity contribution is 6.32. The van der Waals surface area contributed by atoms with E-state index in [1.165, 1.54) is 10.9 Å². The second-order valence-corrected chi connectivity index (χ2v) is 7.81. The first-order chi connectivity index (χ1) is 14.9. The fourth-order valence-corrected chi connectivity index (χ4v) is 3.41. The van der Waals surface area contributed by atoms with Gasteiger partial charge in [0.1, 0.15) is 13.4 Å². The van der Waals surface area contributed by atoms with Gasteiger partial charge >= 0.3 is 0 Å². The average Bonchev–Trinajstić information content (AvgIpc) is 3.08. The number of carbonyl (C=O) groups excluding carboxylic acids is 1. The average molecular weight is 448 g/mol. The summed E-state index contributed by atoms with van der Waals surface area (Å²) >= 11 is 12.0. The molecule has 1 aromatic heterocycles. The van der Waals surface area contributed by atoms with E-state index in [1.807, 2.05) is 12.1 Å². The number of hydrogen-bond acceptors (Lipinski definition) is 2. The molecule has 3 aromatic carbocycles. The van der Waals surface area contributed by atoms with Crippen molar-refractivity contribution in [1.29, 1.82) is 0 Å². The molecule has 0 fully saturated rings. The molecular formula is C23H16BCl2N3O2. The normalized spacial score (nSPS) is 10.8. The van der Waals surface area contributed by atoms with Crippen molar-refractivity contribution in [3.8, 4) is 5.69 Å². The number of benzene rings is 3. The van der Waals surface area contributed by atoms with E-state index in [0.717, 1.165) is 5.56 Å². The van der Waals surface area contributed by atoms with Crippen LogP contribution in [0.25, 0.3) is 5.69 Å². The van der Waals surface area contributed by atoms with Crippen molar-refractivity contribution in [2.75, 3.05) is 5.32 Å². The van der Waals surface area contributed by atoms with Crippen LogP contribution in [0.4, 0.5) is 5.69 Å². The Hall–Kier alpha value is -3.22. The largest absolute Gasteiger partial charge is 0.322 e. The highest BCUT2D eigenvalue weighted by atomic mass is 35.5. The lowest BCUT2D eigenvalue weighted by Gasteiger charge is -2.12. The zero-order valence-electron chi connectivity index (χ0n) is 16.3. The molecule has 8 heteroatoms. The maximum atomic E-state index is 13.2. The molecular weight excluding hydrogens is 432 g/mol. The molecule has 0 atom stereocenters. The molecule has 1 amide bonds. The lowest BCUT2D eigenvalue weighted by atomic mass is 9.96. The summed E-state index contributed by atoms with van der Waals surface area (Å²) in [6, 6.07) is 20.8. The van der Waals surface area contributed by atoms with Crippen LogP contribution in [-0.4, -0.2) is 23.1 Å².